The van der Waals surface area contributed by atoms with Gasteiger partial charge in [0.2, 0.25) is 0 Å². The molecule has 2 rings (SSSR count). The minimum Gasteiger partial charge on any atom is -0.315 e. The average Bonchev–Trinajstić information content (AvgIpc) is 2.81. The zero-order valence-electron chi connectivity index (χ0n) is 11.8. The lowest BCUT2D eigenvalue weighted by Gasteiger charge is -2.08. The number of anilines is 1. The lowest BCUT2D eigenvalue weighted by molar-refractivity contribution is 0.601. The molecule has 2 N–H and O–H groups in total. The van der Waals surface area contributed by atoms with Crippen LogP contribution in [0.15, 0.2) is 39.0 Å². The maximum absolute atomic E-state index is 12.5. The smallest absolute Gasteiger partial charge is 0.263 e. The van der Waals surface area contributed by atoms with E-state index >= 15 is 0 Å². The molecule has 0 aliphatic heterocycles. The summed E-state index contributed by atoms with van der Waals surface area (Å²) in [5, 5.41) is 3.02. The molecule has 7 heteroatoms. The van der Waals surface area contributed by atoms with Crippen molar-refractivity contribution < 1.29 is 8.42 Å². The number of rotatable bonds is 6. The maximum Gasteiger partial charge on any atom is 0.263 e. The summed E-state index contributed by atoms with van der Waals surface area (Å²) in [6, 6.07) is 9.13. The standard InChI is InChI=1S/C14H17BrN2O2S2/c1-3-10-5-4-6-11(7-10)17-21(18,19)13-8-12(9-16-2)20-14(13)15/h4-8,16-17H,3,9H2,1-2H3. The van der Waals surface area contributed by atoms with Gasteiger partial charge in [-0.1, -0.05) is 19.1 Å². The normalized spacial score (nSPS) is 11.6. The van der Waals surface area contributed by atoms with E-state index in [-0.39, 0.29) is 4.90 Å². The first-order chi connectivity index (χ1) is 9.96. The molecule has 0 atom stereocenters. The summed E-state index contributed by atoms with van der Waals surface area (Å²) in [5.41, 5.74) is 1.68. The van der Waals surface area contributed by atoms with E-state index in [2.05, 4.69) is 26.0 Å². The summed E-state index contributed by atoms with van der Waals surface area (Å²) in [7, 11) is -1.75. The minimum absolute atomic E-state index is 0.277. The highest BCUT2D eigenvalue weighted by atomic mass is 79.9. The Labute approximate surface area is 137 Å². The van der Waals surface area contributed by atoms with Crippen molar-refractivity contribution >= 4 is 43.0 Å². The number of halogens is 1. The first kappa shape index (κ1) is 16.5. The third kappa shape index (κ3) is 4.06. The zero-order valence-corrected chi connectivity index (χ0v) is 15.0. The van der Waals surface area contributed by atoms with Crippen LogP contribution < -0.4 is 10.0 Å². The van der Waals surface area contributed by atoms with Crippen LogP contribution in [0.4, 0.5) is 5.69 Å². The molecule has 0 bridgehead atoms. The Morgan fingerprint density at radius 1 is 1.29 bits per heavy atom. The molecule has 4 nitrogen and oxygen atoms in total. The van der Waals surface area contributed by atoms with Crippen molar-refractivity contribution in [3.05, 3.63) is 44.6 Å². The topological polar surface area (TPSA) is 58.2 Å². The van der Waals surface area contributed by atoms with Crippen LogP contribution in [0.25, 0.3) is 0 Å². The van der Waals surface area contributed by atoms with Crippen molar-refractivity contribution in [1.82, 2.24) is 5.32 Å². The van der Waals surface area contributed by atoms with Crippen LogP contribution in [0.2, 0.25) is 0 Å². The third-order valence-corrected chi connectivity index (χ3v) is 6.57. The molecule has 0 amide bonds. The largest absolute Gasteiger partial charge is 0.315 e. The molecule has 114 valence electrons. The van der Waals surface area contributed by atoms with E-state index in [9.17, 15) is 8.42 Å². The fraction of sp³-hybridized carbons (Fsp3) is 0.286. The Hall–Kier alpha value is -0.890. The van der Waals surface area contributed by atoms with Crippen LogP contribution >= 0.6 is 27.3 Å². The molecular formula is C14H17BrN2O2S2. The summed E-state index contributed by atoms with van der Waals surface area (Å²) in [5.74, 6) is 0. The van der Waals surface area contributed by atoms with E-state index in [1.165, 1.54) is 11.3 Å². The molecule has 0 fully saturated rings. The first-order valence-corrected chi connectivity index (χ1v) is 9.60. The van der Waals surface area contributed by atoms with Gasteiger partial charge in [-0.3, -0.25) is 4.72 Å². The molecule has 0 aliphatic rings. The molecule has 1 heterocycles. The molecule has 0 saturated carbocycles. The van der Waals surface area contributed by atoms with Crippen molar-refractivity contribution in [3.8, 4) is 0 Å². The number of hydrogen-bond acceptors (Lipinski definition) is 4. The van der Waals surface area contributed by atoms with Gasteiger partial charge in [0, 0.05) is 17.1 Å². The molecule has 1 aromatic heterocycles. The van der Waals surface area contributed by atoms with Crippen LogP contribution in [0.1, 0.15) is 17.4 Å². The van der Waals surface area contributed by atoms with Crippen LogP contribution in [-0.4, -0.2) is 15.5 Å². The van der Waals surface area contributed by atoms with Crippen molar-refractivity contribution in [2.45, 2.75) is 24.8 Å². The minimum atomic E-state index is -3.58. The maximum atomic E-state index is 12.5. The van der Waals surface area contributed by atoms with Crippen molar-refractivity contribution in [2.24, 2.45) is 0 Å². The second kappa shape index (κ2) is 6.91. The van der Waals surface area contributed by atoms with Crippen LogP contribution in [0.5, 0.6) is 0 Å². The second-order valence-corrected chi connectivity index (χ2v) is 8.65. The van der Waals surface area contributed by atoms with E-state index in [0.717, 1.165) is 16.9 Å². The van der Waals surface area contributed by atoms with Gasteiger partial charge >= 0.3 is 0 Å². The van der Waals surface area contributed by atoms with Gasteiger partial charge in [-0.05, 0) is 53.2 Å². The fourth-order valence-corrected chi connectivity index (χ4v) is 5.65. The highest BCUT2D eigenvalue weighted by Gasteiger charge is 2.21. The molecule has 0 aliphatic carbocycles. The van der Waals surface area contributed by atoms with E-state index in [4.69, 9.17) is 0 Å². The van der Waals surface area contributed by atoms with Crippen molar-refractivity contribution in [3.63, 3.8) is 0 Å². The molecule has 0 saturated heterocycles. The monoisotopic (exact) mass is 388 g/mol. The Morgan fingerprint density at radius 2 is 2.05 bits per heavy atom. The Balaban J connectivity index is 2.29. The predicted octanol–water partition coefficient (Wildman–Crippen LogP) is 3.59. The number of aryl methyl sites for hydroxylation is 1. The quantitative estimate of drug-likeness (QED) is 0.794. The number of hydrogen-bond donors (Lipinski definition) is 2. The zero-order chi connectivity index (χ0) is 15.5. The molecule has 2 aromatic rings. The van der Waals surface area contributed by atoms with Gasteiger partial charge in [0.25, 0.3) is 10.0 Å². The lowest BCUT2D eigenvalue weighted by atomic mass is 10.1. The SMILES string of the molecule is CCc1cccc(NS(=O)(=O)c2cc(CNC)sc2Br)c1. The number of benzene rings is 1. The van der Waals surface area contributed by atoms with Gasteiger partial charge in [-0.25, -0.2) is 8.42 Å². The van der Waals surface area contributed by atoms with Crippen molar-refractivity contribution in [1.29, 1.82) is 0 Å². The number of nitrogens with one attached hydrogen (secondary N) is 2. The van der Waals surface area contributed by atoms with Crippen LogP contribution in [0, 0.1) is 0 Å². The van der Waals surface area contributed by atoms with E-state index in [1.54, 1.807) is 12.1 Å². The molecule has 0 unspecified atom stereocenters. The second-order valence-electron chi connectivity index (χ2n) is 4.54. The summed E-state index contributed by atoms with van der Waals surface area (Å²) in [6.07, 6.45) is 0.865. The Bertz CT molecular complexity index is 726. The predicted molar refractivity (Wildman–Crippen MR) is 91.4 cm³/mol. The Kier molecular flexibility index (Phi) is 5.43. The summed E-state index contributed by atoms with van der Waals surface area (Å²) in [6.45, 7) is 2.68. The van der Waals surface area contributed by atoms with E-state index in [0.29, 0.717) is 16.0 Å². The number of sulfonamides is 1. The van der Waals surface area contributed by atoms with Crippen LogP contribution in [-0.2, 0) is 23.0 Å². The third-order valence-electron chi connectivity index (χ3n) is 2.93. The van der Waals surface area contributed by atoms with Gasteiger partial charge in [0.1, 0.15) is 4.90 Å². The van der Waals surface area contributed by atoms with Gasteiger partial charge in [-0.2, -0.15) is 0 Å². The highest BCUT2D eigenvalue weighted by Crippen LogP contribution is 2.32. The van der Waals surface area contributed by atoms with Gasteiger partial charge in [-0.15, -0.1) is 11.3 Å². The van der Waals surface area contributed by atoms with E-state index in [1.807, 2.05) is 32.2 Å². The van der Waals surface area contributed by atoms with Gasteiger partial charge in [0.15, 0.2) is 0 Å². The Morgan fingerprint density at radius 3 is 2.71 bits per heavy atom. The average molecular weight is 389 g/mol. The molecule has 0 radical (unpaired) electrons. The summed E-state index contributed by atoms with van der Waals surface area (Å²) in [4.78, 5) is 1.24. The van der Waals surface area contributed by atoms with Gasteiger partial charge in [0.05, 0.1) is 3.79 Å². The van der Waals surface area contributed by atoms with Crippen LogP contribution in [0.3, 0.4) is 0 Å². The molecule has 0 spiro atoms. The number of thiophene rings is 1. The molecule has 1 aromatic carbocycles. The molecular weight excluding hydrogens is 372 g/mol. The van der Waals surface area contributed by atoms with Crippen molar-refractivity contribution in [2.75, 3.05) is 11.8 Å². The fourth-order valence-electron chi connectivity index (χ4n) is 1.91. The highest BCUT2D eigenvalue weighted by molar-refractivity contribution is 9.11. The lowest BCUT2D eigenvalue weighted by Crippen LogP contribution is -2.13. The first-order valence-electron chi connectivity index (χ1n) is 6.51. The summed E-state index contributed by atoms with van der Waals surface area (Å²) >= 11 is 4.76. The molecule has 21 heavy (non-hydrogen) atoms. The van der Waals surface area contributed by atoms with E-state index < -0.39 is 10.0 Å². The summed E-state index contributed by atoms with van der Waals surface area (Å²) < 4.78 is 28.2. The van der Waals surface area contributed by atoms with Gasteiger partial charge < -0.3 is 5.32 Å².